The molecule has 0 fully saturated rings. The van der Waals surface area contributed by atoms with E-state index >= 15 is 0 Å². The van der Waals surface area contributed by atoms with Gasteiger partial charge in [-0.25, -0.2) is 4.39 Å². The Hall–Kier alpha value is -0.890. The van der Waals surface area contributed by atoms with Gasteiger partial charge >= 0.3 is 0 Å². The molecule has 0 aromatic heterocycles. The molecular weight excluding hydrogens is 129 g/mol. The van der Waals surface area contributed by atoms with Crippen LogP contribution in [0.4, 0.5) is 10.1 Å². The lowest BCUT2D eigenvalue weighted by Crippen LogP contribution is -2.77. The molecule has 0 atom stereocenters. The van der Waals surface area contributed by atoms with Crippen molar-refractivity contribution in [1.82, 2.24) is 0 Å². The van der Waals surface area contributed by atoms with Crippen molar-refractivity contribution >= 4 is 5.69 Å². The second-order valence-corrected chi connectivity index (χ2v) is 2.13. The molecule has 0 aliphatic heterocycles. The first kappa shape index (κ1) is 7.22. The van der Waals surface area contributed by atoms with Gasteiger partial charge in [-0.05, 0) is 13.0 Å². The van der Waals surface area contributed by atoms with Crippen molar-refractivity contribution in [1.29, 1.82) is 0 Å². The van der Waals surface area contributed by atoms with E-state index in [9.17, 15) is 4.39 Å². The smallest absolute Gasteiger partial charge is 0.183 e. The largest absolute Gasteiger partial charge is 0.312 e. The summed E-state index contributed by atoms with van der Waals surface area (Å²) in [6.45, 7) is 2.87. The molecule has 0 bridgehead atoms. The fourth-order valence-corrected chi connectivity index (χ4v) is 0.861. The second-order valence-electron chi connectivity index (χ2n) is 2.13. The van der Waals surface area contributed by atoms with Crippen LogP contribution < -0.4 is 5.32 Å². The van der Waals surface area contributed by atoms with E-state index in [-0.39, 0.29) is 5.82 Å². The van der Waals surface area contributed by atoms with Gasteiger partial charge in [0.05, 0.1) is 6.54 Å². The Kier molecular flexibility index (Phi) is 2.40. The van der Waals surface area contributed by atoms with E-state index in [0.717, 1.165) is 6.54 Å². The number of para-hydroxylation sites is 1. The average molecular weight is 140 g/mol. The van der Waals surface area contributed by atoms with Crippen LogP contribution >= 0.6 is 0 Å². The monoisotopic (exact) mass is 140 g/mol. The van der Waals surface area contributed by atoms with Gasteiger partial charge < -0.3 is 5.32 Å². The van der Waals surface area contributed by atoms with E-state index in [4.69, 9.17) is 0 Å². The maximum Gasteiger partial charge on any atom is 0.183 e. The highest BCUT2D eigenvalue weighted by molar-refractivity contribution is 5.29. The Morgan fingerprint density at radius 3 is 2.70 bits per heavy atom. The molecule has 0 amide bonds. The van der Waals surface area contributed by atoms with Crippen LogP contribution in [0.1, 0.15) is 6.92 Å². The molecule has 10 heavy (non-hydrogen) atoms. The minimum Gasteiger partial charge on any atom is -0.312 e. The molecule has 0 spiro atoms. The van der Waals surface area contributed by atoms with Gasteiger partial charge in [0.15, 0.2) is 11.5 Å². The minimum atomic E-state index is -0.135. The first-order chi connectivity index (χ1) is 4.84. The molecule has 2 N–H and O–H groups in total. The van der Waals surface area contributed by atoms with E-state index in [0.29, 0.717) is 5.69 Å². The topological polar surface area (TPSA) is 16.6 Å². The summed E-state index contributed by atoms with van der Waals surface area (Å²) in [5.74, 6) is -0.135. The molecule has 1 aromatic rings. The summed E-state index contributed by atoms with van der Waals surface area (Å²) in [4.78, 5) is 0. The van der Waals surface area contributed by atoms with Crippen LogP contribution in [0.2, 0.25) is 0 Å². The fraction of sp³-hybridized carbons (Fsp3) is 0.250. The first-order valence-corrected chi connectivity index (χ1v) is 3.42. The molecule has 0 aliphatic carbocycles. The van der Waals surface area contributed by atoms with Crippen LogP contribution in [-0.4, -0.2) is 6.54 Å². The van der Waals surface area contributed by atoms with Gasteiger partial charge in [0.25, 0.3) is 0 Å². The first-order valence-electron chi connectivity index (χ1n) is 3.42. The zero-order valence-corrected chi connectivity index (χ0v) is 5.97. The molecule has 0 aliphatic rings. The summed E-state index contributed by atoms with van der Waals surface area (Å²) in [7, 11) is 0. The molecule has 0 unspecified atom stereocenters. The van der Waals surface area contributed by atoms with Crippen LogP contribution in [0.15, 0.2) is 24.3 Å². The summed E-state index contributed by atoms with van der Waals surface area (Å²) in [5, 5.41) is 1.87. The van der Waals surface area contributed by atoms with Gasteiger partial charge in [0.1, 0.15) is 0 Å². The molecule has 0 saturated carbocycles. The summed E-state index contributed by atoms with van der Waals surface area (Å²) in [5.41, 5.74) is 0.699. The SMILES string of the molecule is CC[NH2+]c1ccccc1F. The number of hydrogen-bond acceptors (Lipinski definition) is 0. The molecule has 0 heterocycles. The second kappa shape index (κ2) is 3.32. The van der Waals surface area contributed by atoms with Crippen molar-refractivity contribution in [2.24, 2.45) is 0 Å². The Bertz CT molecular complexity index is 210. The summed E-state index contributed by atoms with van der Waals surface area (Å²) < 4.78 is 12.7. The molecule has 1 aromatic carbocycles. The highest BCUT2D eigenvalue weighted by Crippen LogP contribution is 2.04. The van der Waals surface area contributed by atoms with Gasteiger partial charge in [0.2, 0.25) is 0 Å². The Morgan fingerprint density at radius 1 is 1.40 bits per heavy atom. The third kappa shape index (κ3) is 1.54. The zero-order valence-electron chi connectivity index (χ0n) is 5.97. The quantitative estimate of drug-likeness (QED) is 0.591. The van der Waals surface area contributed by atoms with Crippen LogP contribution in [0.5, 0.6) is 0 Å². The predicted octanol–water partition coefficient (Wildman–Crippen LogP) is 1.04. The number of benzene rings is 1. The third-order valence-electron chi connectivity index (χ3n) is 1.33. The summed E-state index contributed by atoms with van der Waals surface area (Å²) in [6, 6.07) is 6.78. The Morgan fingerprint density at radius 2 is 2.10 bits per heavy atom. The number of quaternary nitrogens is 1. The maximum atomic E-state index is 12.7. The predicted molar refractivity (Wildman–Crippen MR) is 38.5 cm³/mol. The number of rotatable bonds is 2. The lowest BCUT2D eigenvalue weighted by Gasteiger charge is -1.96. The highest BCUT2D eigenvalue weighted by Gasteiger charge is 2.00. The maximum absolute atomic E-state index is 12.7. The molecule has 1 rings (SSSR count). The lowest BCUT2D eigenvalue weighted by atomic mass is 10.3. The van der Waals surface area contributed by atoms with Crippen LogP contribution in [0.25, 0.3) is 0 Å². The molecule has 0 radical (unpaired) electrons. The van der Waals surface area contributed by atoms with E-state index in [1.165, 1.54) is 6.07 Å². The molecule has 0 saturated heterocycles. The molecule has 54 valence electrons. The van der Waals surface area contributed by atoms with E-state index in [2.05, 4.69) is 0 Å². The van der Waals surface area contributed by atoms with Crippen LogP contribution in [0.3, 0.4) is 0 Å². The fourth-order valence-electron chi connectivity index (χ4n) is 0.861. The third-order valence-corrected chi connectivity index (χ3v) is 1.33. The zero-order chi connectivity index (χ0) is 7.40. The van der Waals surface area contributed by atoms with Gasteiger partial charge in [-0.2, -0.15) is 0 Å². The van der Waals surface area contributed by atoms with Gasteiger partial charge in [0, 0.05) is 6.07 Å². The summed E-state index contributed by atoms with van der Waals surface area (Å²) >= 11 is 0. The van der Waals surface area contributed by atoms with Gasteiger partial charge in [-0.1, -0.05) is 12.1 Å². The van der Waals surface area contributed by atoms with Crippen LogP contribution in [0, 0.1) is 5.82 Å². The number of halogens is 1. The lowest BCUT2D eigenvalue weighted by molar-refractivity contribution is -0.569. The number of hydrogen-bond donors (Lipinski definition) is 1. The van der Waals surface area contributed by atoms with E-state index in [1.54, 1.807) is 12.1 Å². The number of nitrogens with two attached hydrogens (primary N) is 1. The van der Waals surface area contributed by atoms with Crippen molar-refractivity contribution in [2.75, 3.05) is 6.54 Å². The van der Waals surface area contributed by atoms with Crippen molar-refractivity contribution < 1.29 is 9.71 Å². The standard InChI is InChI=1S/C8H10FN/c1-2-10-8-6-4-3-5-7(8)9/h3-6,10H,2H2,1H3/p+1. The molecule has 1 nitrogen and oxygen atoms in total. The normalized spacial score (nSPS) is 9.80. The van der Waals surface area contributed by atoms with Gasteiger partial charge in [-0.15, -0.1) is 0 Å². The molecule has 2 heteroatoms. The average Bonchev–Trinajstić information content (AvgIpc) is 1.94. The van der Waals surface area contributed by atoms with E-state index < -0.39 is 0 Å². The Balaban J connectivity index is 2.81. The van der Waals surface area contributed by atoms with Crippen molar-refractivity contribution in [3.05, 3.63) is 30.1 Å². The highest BCUT2D eigenvalue weighted by atomic mass is 19.1. The van der Waals surface area contributed by atoms with Crippen LogP contribution in [-0.2, 0) is 0 Å². The molecular formula is C8H11FN+. The van der Waals surface area contributed by atoms with Crippen molar-refractivity contribution in [3.8, 4) is 0 Å². The van der Waals surface area contributed by atoms with Gasteiger partial charge in [-0.3, -0.25) is 0 Å². The summed E-state index contributed by atoms with van der Waals surface area (Å²) in [6.07, 6.45) is 0. The minimum absolute atomic E-state index is 0.135. The van der Waals surface area contributed by atoms with Crippen molar-refractivity contribution in [2.45, 2.75) is 6.92 Å². The Labute approximate surface area is 59.9 Å². The van der Waals surface area contributed by atoms with Crippen molar-refractivity contribution in [3.63, 3.8) is 0 Å². The van der Waals surface area contributed by atoms with E-state index in [1.807, 2.05) is 18.3 Å².